The van der Waals surface area contributed by atoms with Gasteiger partial charge in [0.15, 0.2) is 0 Å². The molecular formula is C15H10OS. The molecule has 0 spiro atoms. The fraction of sp³-hybridized carbons (Fsp3) is 0. The standard InChI is InChI=1S/C15H10OS/c16-10-11-4-6-12(7-5-11)14-3-1-2-13-8-9-17-15(13)14/h1-10H. The molecule has 1 heterocycles. The van der Waals surface area contributed by atoms with Crippen molar-refractivity contribution in [1.29, 1.82) is 0 Å². The Balaban J connectivity index is 2.19. The van der Waals surface area contributed by atoms with Crippen LogP contribution in [-0.4, -0.2) is 6.29 Å². The first-order valence-corrected chi connectivity index (χ1v) is 6.28. The van der Waals surface area contributed by atoms with E-state index in [2.05, 4.69) is 29.6 Å². The molecule has 1 aromatic heterocycles. The Hall–Kier alpha value is -1.93. The summed E-state index contributed by atoms with van der Waals surface area (Å²) < 4.78 is 1.30. The molecule has 3 rings (SSSR count). The molecule has 0 bridgehead atoms. The van der Waals surface area contributed by atoms with E-state index in [0.717, 1.165) is 11.8 Å². The number of fused-ring (bicyclic) bond motifs is 1. The van der Waals surface area contributed by atoms with Crippen molar-refractivity contribution in [3.63, 3.8) is 0 Å². The molecule has 0 N–H and O–H groups in total. The second-order valence-corrected chi connectivity index (χ2v) is 4.80. The van der Waals surface area contributed by atoms with Gasteiger partial charge in [0.05, 0.1) is 0 Å². The first-order chi connectivity index (χ1) is 8.38. The number of thiophene rings is 1. The lowest BCUT2D eigenvalue weighted by Gasteiger charge is -2.03. The van der Waals surface area contributed by atoms with Crippen LogP contribution < -0.4 is 0 Å². The van der Waals surface area contributed by atoms with E-state index in [9.17, 15) is 4.79 Å². The summed E-state index contributed by atoms with van der Waals surface area (Å²) in [4.78, 5) is 10.6. The van der Waals surface area contributed by atoms with Crippen molar-refractivity contribution in [1.82, 2.24) is 0 Å². The van der Waals surface area contributed by atoms with Crippen molar-refractivity contribution < 1.29 is 4.79 Å². The Morgan fingerprint density at radius 2 is 1.76 bits per heavy atom. The van der Waals surface area contributed by atoms with Gasteiger partial charge in [0.25, 0.3) is 0 Å². The van der Waals surface area contributed by atoms with Gasteiger partial charge >= 0.3 is 0 Å². The summed E-state index contributed by atoms with van der Waals surface area (Å²) in [6.45, 7) is 0. The van der Waals surface area contributed by atoms with Gasteiger partial charge < -0.3 is 0 Å². The molecule has 0 saturated heterocycles. The smallest absolute Gasteiger partial charge is 0.150 e. The number of benzene rings is 2. The molecule has 0 atom stereocenters. The Kier molecular flexibility index (Phi) is 2.50. The fourth-order valence-corrected chi connectivity index (χ4v) is 2.90. The quantitative estimate of drug-likeness (QED) is 0.605. The largest absolute Gasteiger partial charge is 0.298 e. The molecule has 0 aliphatic rings. The second-order valence-electron chi connectivity index (χ2n) is 3.88. The van der Waals surface area contributed by atoms with Crippen LogP contribution in [0.4, 0.5) is 0 Å². The van der Waals surface area contributed by atoms with E-state index in [-0.39, 0.29) is 0 Å². The van der Waals surface area contributed by atoms with Crippen molar-refractivity contribution in [2.24, 2.45) is 0 Å². The summed E-state index contributed by atoms with van der Waals surface area (Å²) >= 11 is 1.75. The fourth-order valence-electron chi connectivity index (χ4n) is 1.96. The molecule has 0 unspecified atom stereocenters. The zero-order chi connectivity index (χ0) is 11.7. The Morgan fingerprint density at radius 1 is 0.941 bits per heavy atom. The number of aldehydes is 1. The molecule has 0 saturated carbocycles. The number of carbonyl (C=O) groups excluding carboxylic acids is 1. The van der Waals surface area contributed by atoms with Gasteiger partial charge in [-0.2, -0.15) is 0 Å². The Bertz CT molecular complexity index is 665. The number of rotatable bonds is 2. The predicted octanol–water partition coefficient (Wildman–Crippen LogP) is 4.38. The molecule has 0 aliphatic carbocycles. The van der Waals surface area contributed by atoms with Crippen molar-refractivity contribution in [2.45, 2.75) is 0 Å². The van der Waals surface area contributed by atoms with Crippen LogP contribution in [-0.2, 0) is 0 Å². The molecule has 0 fully saturated rings. The van der Waals surface area contributed by atoms with Crippen LogP contribution in [0.1, 0.15) is 10.4 Å². The third-order valence-electron chi connectivity index (χ3n) is 2.84. The molecular weight excluding hydrogens is 228 g/mol. The lowest BCUT2D eigenvalue weighted by atomic mass is 10.0. The van der Waals surface area contributed by atoms with Crippen LogP contribution in [0.3, 0.4) is 0 Å². The Labute approximate surface area is 103 Å². The van der Waals surface area contributed by atoms with Gasteiger partial charge in [-0.3, -0.25) is 4.79 Å². The molecule has 82 valence electrons. The Morgan fingerprint density at radius 3 is 2.53 bits per heavy atom. The van der Waals surface area contributed by atoms with Crippen molar-refractivity contribution in [3.05, 3.63) is 59.5 Å². The van der Waals surface area contributed by atoms with Crippen LogP contribution >= 0.6 is 11.3 Å². The summed E-state index contributed by atoms with van der Waals surface area (Å²) in [7, 11) is 0. The SMILES string of the molecule is O=Cc1ccc(-c2cccc3ccsc23)cc1. The summed E-state index contributed by atoms with van der Waals surface area (Å²) in [5.41, 5.74) is 3.10. The topological polar surface area (TPSA) is 17.1 Å². The van der Waals surface area contributed by atoms with Crippen LogP contribution in [0, 0.1) is 0 Å². The van der Waals surface area contributed by atoms with Crippen LogP contribution in [0.2, 0.25) is 0 Å². The highest BCUT2D eigenvalue weighted by Gasteiger charge is 2.04. The maximum absolute atomic E-state index is 10.6. The average Bonchev–Trinajstić information content (AvgIpc) is 2.87. The van der Waals surface area contributed by atoms with E-state index in [1.165, 1.54) is 15.6 Å². The van der Waals surface area contributed by atoms with Gasteiger partial charge in [-0.05, 0) is 28.0 Å². The third-order valence-corrected chi connectivity index (χ3v) is 3.80. The number of carbonyl (C=O) groups is 1. The predicted molar refractivity (Wildman–Crippen MR) is 72.6 cm³/mol. The molecule has 17 heavy (non-hydrogen) atoms. The first kappa shape index (κ1) is 10.2. The third kappa shape index (κ3) is 1.77. The lowest BCUT2D eigenvalue weighted by Crippen LogP contribution is -1.81. The summed E-state index contributed by atoms with van der Waals surface area (Å²) in [5.74, 6) is 0. The van der Waals surface area contributed by atoms with Crippen LogP contribution in [0.5, 0.6) is 0 Å². The molecule has 1 nitrogen and oxygen atoms in total. The van der Waals surface area contributed by atoms with Crippen LogP contribution in [0.25, 0.3) is 21.2 Å². The second kappa shape index (κ2) is 4.15. The molecule has 0 aliphatic heterocycles. The summed E-state index contributed by atoms with van der Waals surface area (Å²) in [5, 5.41) is 3.38. The minimum atomic E-state index is 0.715. The zero-order valence-electron chi connectivity index (χ0n) is 9.09. The monoisotopic (exact) mass is 238 g/mol. The molecule has 3 aromatic rings. The molecule has 0 amide bonds. The number of hydrogen-bond acceptors (Lipinski definition) is 2. The maximum Gasteiger partial charge on any atom is 0.150 e. The minimum Gasteiger partial charge on any atom is -0.298 e. The minimum absolute atomic E-state index is 0.715. The normalized spacial score (nSPS) is 10.6. The first-order valence-electron chi connectivity index (χ1n) is 5.40. The van der Waals surface area contributed by atoms with E-state index in [1.54, 1.807) is 11.3 Å². The van der Waals surface area contributed by atoms with E-state index < -0.39 is 0 Å². The number of hydrogen-bond donors (Lipinski definition) is 0. The van der Waals surface area contributed by atoms with Crippen molar-refractivity contribution in [3.8, 4) is 11.1 Å². The van der Waals surface area contributed by atoms with E-state index in [1.807, 2.05) is 24.3 Å². The van der Waals surface area contributed by atoms with Gasteiger partial charge in [0.1, 0.15) is 6.29 Å². The molecule has 2 heteroatoms. The highest BCUT2D eigenvalue weighted by molar-refractivity contribution is 7.17. The van der Waals surface area contributed by atoms with Gasteiger partial charge in [-0.15, -0.1) is 11.3 Å². The van der Waals surface area contributed by atoms with Gasteiger partial charge in [0.2, 0.25) is 0 Å². The van der Waals surface area contributed by atoms with E-state index in [4.69, 9.17) is 0 Å². The maximum atomic E-state index is 10.6. The average molecular weight is 238 g/mol. The highest BCUT2D eigenvalue weighted by Crippen LogP contribution is 2.32. The highest BCUT2D eigenvalue weighted by atomic mass is 32.1. The molecule has 0 radical (unpaired) electrons. The van der Waals surface area contributed by atoms with E-state index in [0.29, 0.717) is 5.56 Å². The zero-order valence-corrected chi connectivity index (χ0v) is 9.91. The molecule has 2 aromatic carbocycles. The van der Waals surface area contributed by atoms with Gasteiger partial charge in [0, 0.05) is 10.3 Å². The lowest BCUT2D eigenvalue weighted by molar-refractivity contribution is 0.112. The van der Waals surface area contributed by atoms with Gasteiger partial charge in [-0.25, -0.2) is 0 Å². The van der Waals surface area contributed by atoms with Gasteiger partial charge in [-0.1, -0.05) is 42.5 Å². The summed E-state index contributed by atoms with van der Waals surface area (Å²) in [6.07, 6.45) is 0.871. The van der Waals surface area contributed by atoms with Crippen LogP contribution in [0.15, 0.2) is 53.9 Å². The van der Waals surface area contributed by atoms with Crippen molar-refractivity contribution in [2.75, 3.05) is 0 Å². The summed E-state index contributed by atoms with van der Waals surface area (Å²) in [6, 6.07) is 16.1. The van der Waals surface area contributed by atoms with E-state index >= 15 is 0 Å². The van der Waals surface area contributed by atoms with Crippen molar-refractivity contribution >= 4 is 27.7 Å².